The molecule has 1 fully saturated rings. The van der Waals surface area contributed by atoms with Crippen LogP contribution in [0.3, 0.4) is 0 Å². The molecule has 1 aromatic carbocycles. The number of urea groups is 1. The van der Waals surface area contributed by atoms with Gasteiger partial charge in [-0.1, -0.05) is 6.92 Å². The number of benzene rings is 1. The molecule has 114 valence electrons. The Labute approximate surface area is 122 Å². The monoisotopic (exact) mass is 294 g/mol. The van der Waals surface area contributed by atoms with Gasteiger partial charge in [-0.3, -0.25) is 0 Å². The Balaban J connectivity index is 2.10. The highest BCUT2D eigenvalue weighted by Crippen LogP contribution is 2.24. The first-order valence-electron chi connectivity index (χ1n) is 7.00. The molecule has 0 spiro atoms. The van der Waals surface area contributed by atoms with Gasteiger partial charge in [-0.05, 0) is 43.9 Å². The zero-order chi connectivity index (χ0) is 15.6. The highest BCUT2D eigenvalue weighted by molar-refractivity contribution is 5.92. The molecule has 0 aromatic heterocycles. The van der Waals surface area contributed by atoms with Crippen molar-refractivity contribution in [2.75, 3.05) is 11.9 Å². The van der Waals surface area contributed by atoms with E-state index in [2.05, 4.69) is 12.2 Å². The quantitative estimate of drug-likeness (QED) is 0.880. The lowest BCUT2D eigenvalue weighted by Gasteiger charge is -2.37. The second kappa shape index (κ2) is 6.11. The number of nitrogens with one attached hydrogen (secondary N) is 1. The minimum Gasteiger partial charge on any atom is -0.478 e. The van der Waals surface area contributed by atoms with E-state index >= 15 is 0 Å². The Morgan fingerprint density at radius 1 is 1.38 bits per heavy atom. The van der Waals surface area contributed by atoms with Crippen LogP contribution in [-0.2, 0) is 0 Å². The van der Waals surface area contributed by atoms with Gasteiger partial charge in [-0.2, -0.15) is 0 Å². The first-order chi connectivity index (χ1) is 9.90. The van der Waals surface area contributed by atoms with Crippen molar-refractivity contribution in [1.82, 2.24) is 4.90 Å². The van der Waals surface area contributed by atoms with Gasteiger partial charge in [0.1, 0.15) is 5.82 Å². The highest BCUT2D eigenvalue weighted by Gasteiger charge is 2.28. The molecule has 2 atom stereocenters. The normalized spacial score (nSPS) is 22.0. The standard InChI is InChI=1S/C15H19FN2O3/c1-9-4-3-7-18(10(9)2)15(21)17-13-6-5-11(14(19)20)8-12(13)16/h5-6,8-10H,3-4,7H2,1-2H3,(H,17,21)(H,19,20). The molecule has 1 heterocycles. The summed E-state index contributed by atoms with van der Waals surface area (Å²) in [6.45, 7) is 4.71. The fourth-order valence-electron chi connectivity index (χ4n) is 2.56. The SMILES string of the molecule is CC1CCCN(C(=O)Nc2ccc(C(=O)O)cc2F)C1C. The topological polar surface area (TPSA) is 69.6 Å². The van der Waals surface area contributed by atoms with E-state index in [1.54, 1.807) is 4.90 Å². The van der Waals surface area contributed by atoms with Gasteiger partial charge in [-0.15, -0.1) is 0 Å². The summed E-state index contributed by atoms with van der Waals surface area (Å²) in [5.74, 6) is -1.55. The smallest absolute Gasteiger partial charge is 0.335 e. The molecule has 21 heavy (non-hydrogen) atoms. The Hall–Kier alpha value is -2.11. The van der Waals surface area contributed by atoms with Gasteiger partial charge < -0.3 is 15.3 Å². The lowest BCUT2D eigenvalue weighted by Crippen LogP contribution is -2.48. The number of anilines is 1. The van der Waals surface area contributed by atoms with E-state index in [0.717, 1.165) is 18.9 Å². The number of carboxylic acid groups (broad SMARTS) is 1. The van der Waals surface area contributed by atoms with Gasteiger partial charge in [-0.25, -0.2) is 14.0 Å². The summed E-state index contributed by atoms with van der Waals surface area (Å²) in [5.41, 5.74) is -0.152. The van der Waals surface area contributed by atoms with Crippen LogP contribution >= 0.6 is 0 Å². The lowest BCUT2D eigenvalue weighted by atomic mass is 9.92. The number of hydrogen-bond acceptors (Lipinski definition) is 2. The molecule has 6 heteroatoms. The van der Waals surface area contributed by atoms with E-state index in [1.807, 2.05) is 6.92 Å². The van der Waals surface area contributed by atoms with Gasteiger partial charge in [0.25, 0.3) is 0 Å². The van der Waals surface area contributed by atoms with Crippen LogP contribution < -0.4 is 5.32 Å². The van der Waals surface area contributed by atoms with Gasteiger partial charge in [0.15, 0.2) is 0 Å². The third-order valence-electron chi connectivity index (χ3n) is 4.09. The van der Waals surface area contributed by atoms with Gasteiger partial charge >= 0.3 is 12.0 Å². The van der Waals surface area contributed by atoms with Crippen molar-refractivity contribution < 1.29 is 19.1 Å². The first-order valence-corrected chi connectivity index (χ1v) is 7.00. The summed E-state index contributed by atoms with van der Waals surface area (Å²) < 4.78 is 13.8. The Bertz CT molecular complexity index is 562. The van der Waals surface area contributed by atoms with Gasteiger partial charge in [0, 0.05) is 12.6 Å². The lowest BCUT2D eigenvalue weighted by molar-refractivity contribution is 0.0696. The van der Waals surface area contributed by atoms with Crippen molar-refractivity contribution in [1.29, 1.82) is 0 Å². The number of likely N-dealkylation sites (tertiary alicyclic amines) is 1. The number of aromatic carboxylic acids is 1. The summed E-state index contributed by atoms with van der Waals surface area (Å²) in [6, 6.07) is 3.19. The van der Waals surface area contributed by atoms with Crippen molar-refractivity contribution in [2.24, 2.45) is 5.92 Å². The van der Waals surface area contributed by atoms with Crippen LogP contribution in [0, 0.1) is 11.7 Å². The second-order valence-corrected chi connectivity index (χ2v) is 5.48. The molecule has 2 N–H and O–H groups in total. The summed E-state index contributed by atoms with van der Waals surface area (Å²) >= 11 is 0. The van der Waals surface area contributed by atoms with Crippen LogP contribution in [0.2, 0.25) is 0 Å². The van der Waals surface area contributed by atoms with E-state index in [9.17, 15) is 14.0 Å². The molecule has 2 unspecified atom stereocenters. The molecule has 0 aliphatic carbocycles. The Morgan fingerprint density at radius 2 is 2.10 bits per heavy atom. The first kappa shape index (κ1) is 15.3. The molecule has 2 amide bonds. The number of carbonyl (C=O) groups excluding carboxylic acids is 1. The maximum Gasteiger partial charge on any atom is 0.335 e. The minimum atomic E-state index is -1.20. The molecule has 5 nitrogen and oxygen atoms in total. The number of rotatable bonds is 2. The second-order valence-electron chi connectivity index (χ2n) is 5.48. The summed E-state index contributed by atoms with van der Waals surface area (Å²) in [5, 5.41) is 11.3. The fraction of sp³-hybridized carbons (Fsp3) is 0.467. The van der Waals surface area contributed by atoms with Crippen LogP contribution in [0.4, 0.5) is 14.9 Å². The molecular formula is C15H19FN2O3. The maximum atomic E-state index is 13.8. The molecular weight excluding hydrogens is 275 g/mol. The highest BCUT2D eigenvalue weighted by atomic mass is 19.1. The van der Waals surface area contributed by atoms with Gasteiger partial charge in [0.05, 0.1) is 11.3 Å². The summed E-state index contributed by atoms with van der Waals surface area (Å²) in [6.07, 6.45) is 2.01. The number of hydrogen-bond donors (Lipinski definition) is 2. The zero-order valence-electron chi connectivity index (χ0n) is 12.1. The molecule has 2 rings (SSSR count). The van der Waals surface area contributed by atoms with Crippen LogP contribution in [-0.4, -0.2) is 34.6 Å². The van der Waals surface area contributed by atoms with Crippen molar-refractivity contribution in [3.63, 3.8) is 0 Å². The fourth-order valence-corrected chi connectivity index (χ4v) is 2.56. The minimum absolute atomic E-state index is 0.00423. The number of halogens is 1. The maximum absolute atomic E-state index is 13.8. The molecule has 1 aliphatic rings. The Morgan fingerprint density at radius 3 is 2.71 bits per heavy atom. The molecule has 0 bridgehead atoms. The third kappa shape index (κ3) is 3.32. The van der Waals surface area contributed by atoms with Crippen LogP contribution in [0.1, 0.15) is 37.0 Å². The number of piperidine rings is 1. The average Bonchev–Trinajstić information content (AvgIpc) is 2.43. The number of nitrogens with zero attached hydrogens (tertiary/aromatic N) is 1. The molecule has 1 saturated heterocycles. The predicted octanol–water partition coefficient (Wildman–Crippen LogP) is 3.18. The van der Waals surface area contributed by atoms with Crippen LogP contribution in [0.15, 0.2) is 18.2 Å². The van der Waals surface area contributed by atoms with E-state index in [1.165, 1.54) is 12.1 Å². The molecule has 1 aromatic rings. The summed E-state index contributed by atoms with van der Waals surface area (Å²) in [4.78, 5) is 24.7. The van der Waals surface area contributed by atoms with Crippen molar-refractivity contribution in [3.8, 4) is 0 Å². The predicted molar refractivity (Wildman–Crippen MR) is 76.9 cm³/mol. The third-order valence-corrected chi connectivity index (χ3v) is 4.09. The molecule has 0 radical (unpaired) electrons. The largest absolute Gasteiger partial charge is 0.478 e. The summed E-state index contributed by atoms with van der Waals surface area (Å²) in [7, 11) is 0. The van der Waals surface area contributed by atoms with E-state index < -0.39 is 11.8 Å². The number of carboxylic acids is 1. The van der Waals surface area contributed by atoms with Crippen molar-refractivity contribution >= 4 is 17.7 Å². The van der Waals surface area contributed by atoms with E-state index in [-0.39, 0.29) is 23.3 Å². The molecule has 1 aliphatic heterocycles. The average molecular weight is 294 g/mol. The van der Waals surface area contributed by atoms with Crippen molar-refractivity contribution in [3.05, 3.63) is 29.6 Å². The van der Waals surface area contributed by atoms with E-state index in [4.69, 9.17) is 5.11 Å². The number of amides is 2. The van der Waals surface area contributed by atoms with Crippen LogP contribution in [0.25, 0.3) is 0 Å². The molecule has 0 saturated carbocycles. The van der Waals surface area contributed by atoms with E-state index in [0.29, 0.717) is 12.5 Å². The Kier molecular flexibility index (Phi) is 4.45. The van der Waals surface area contributed by atoms with Crippen molar-refractivity contribution in [2.45, 2.75) is 32.7 Å². The van der Waals surface area contributed by atoms with Crippen LogP contribution in [0.5, 0.6) is 0 Å². The number of carbonyl (C=O) groups is 2. The zero-order valence-corrected chi connectivity index (χ0v) is 12.1. The van der Waals surface area contributed by atoms with Gasteiger partial charge in [0.2, 0.25) is 0 Å².